The Morgan fingerprint density at radius 3 is 1.85 bits per heavy atom. The van der Waals surface area contributed by atoms with E-state index in [0.29, 0.717) is 16.5 Å². The molecule has 1 heteroatoms. The molecule has 3 unspecified atom stereocenters. The molecule has 80 valence electrons. The van der Waals surface area contributed by atoms with Gasteiger partial charge in [-0.1, -0.05) is 48.0 Å². The second kappa shape index (κ2) is 4.78. The molecule has 0 aromatic heterocycles. The summed E-state index contributed by atoms with van der Waals surface area (Å²) in [5.41, 5.74) is 1.67. The Balaban J connectivity index is 4.42. The third-order valence-electron chi connectivity index (χ3n) is 2.85. The fourth-order valence-corrected chi connectivity index (χ4v) is 2.54. The summed E-state index contributed by atoms with van der Waals surface area (Å²) in [5.74, 6) is 0. The van der Waals surface area contributed by atoms with Gasteiger partial charge in [-0.05, 0) is 29.3 Å². The summed E-state index contributed by atoms with van der Waals surface area (Å²) in [4.78, 5) is 0. The maximum Gasteiger partial charge on any atom is -0.0238 e. The van der Waals surface area contributed by atoms with Crippen LogP contribution in [0.5, 0.6) is 0 Å². The average Bonchev–Trinajstić information content (AvgIpc) is 1.82. The Kier molecular flexibility index (Phi) is 4.94. The first-order chi connectivity index (χ1) is 5.71. The maximum atomic E-state index is 2.98. The van der Waals surface area contributed by atoms with Crippen LogP contribution in [0.25, 0.3) is 0 Å². The smallest absolute Gasteiger partial charge is 0.0238 e. The van der Waals surface area contributed by atoms with Crippen molar-refractivity contribution in [2.45, 2.75) is 66.5 Å². The van der Waals surface area contributed by atoms with Crippen molar-refractivity contribution in [2.24, 2.45) is 10.8 Å². The van der Waals surface area contributed by atoms with Gasteiger partial charge in [0, 0.05) is 0 Å². The first-order valence-electron chi connectivity index (χ1n) is 5.47. The molecule has 0 saturated carbocycles. The van der Waals surface area contributed by atoms with E-state index < -0.39 is 0 Å². The van der Waals surface area contributed by atoms with E-state index >= 15 is 0 Å². The normalized spacial score (nSPS) is 19.6. The maximum absolute atomic E-state index is 2.98. The summed E-state index contributed by atoms with van der Waals surface area (Å²) >= 11 is 0. The van der Waals surface area contributed by atoms with E-state index in [9.17, 15) is 0 Å². The summed E-state index contributed by atoms with van der Waals surface area (Å²) < 4.78 is 0. The molecule has 0 spiro atoms. The van der Waals surface area contributed by atoms with E-state index in [-0.39, 0.29) is 0 Å². The summed E-state index contributed by atoms with van der Waals surface area (Å²) in [6.45, 7) is 14.1. The van der Waals surface area contributed by atoms with Gasteiger partial charge in [0.2, 0.25) is 0 Å². The highest BCUT2D eigenvalue weighted by atomic mass is 31.0. The van der Waals surface area contributed by atoms with Gasteiger partial charge in [0.15, 0.2) is 0 Å². The topological polar surface area (TPSA) is 0 Å². The molecule has 0 fully saturated rings. The van der Waals surface area contributed by atoms with Crippen molar-refractivity contribution in [3.05, 3.63) is 0 Å². The van der Waals surface area contributed by atoms with E-state index in [2.05, 4.69) is 50.8 Å². The minimum Gasteiger partial charge on any atom is -0.134 e. The van der Waals surface area contributed by atoms with Gasteiger partial charge >= 0.3 is 0 Å². The van der Waals surface area contributed by atoms with Gasteiger partial charge in [-0.3, -0.25) is 0 Å². The van der Waals surface area contributed by atoms with Crippen molar-refractivity contribution in [1.82, 2.24) is 0 Å². The SMILES string of the molecule is CCCC(C)(CC(C)(C)C)C(C)P. The third-order valence-corrected chi connectivity index (χ3v) is 3.66. The molecule has 0 aliphatic rings. The Bertz CT molecular complexity index is 144. The number of hydrogen-bond donors (Lipinski definition) is 0. The van der Waals surface area contributed by atoms with Crippen molar-refractivity contribution < 1.29 is 0 Å². The summed E-state index contributed by atoms with van der Waals surface area (Å²) in [5, 5.41) is 0. The largest absolute Gasteiger partial charge is 0.134 e. The van der Waals surface area contributed by atoms with Crippen molar-refractivity contribution >= 4 is 9.24 Å². The highest BCUT2D eigenvalue weighted by Gasteiger charge is 2.31. The van der Waals surface area contributed by atoms with E-state index in [0.717, 1.165) is 0 Å². The molecule has 0 amide bonds. The van der Waals surface area contributed by atoms with Crippen LogP contribution in [0.3, 0.4) is 0 Å². The second-order valence-corrected chi connectivity index (χ2v) is 6.93. The van der Waals surface area contributed by atoms with Crippen LogP contribution in [0.15, 0.2) is 0 Å². The van der Waals surface area contributed by atoms with Crippen LogP contribution in [-0.4, -0.2) is 5.66 Å². The molecule has 0 radical (unpaired) electrons. The van der Waals surface area contributed by atoms with Gasteiger partial charge in [0.25, 0.3) is 0 Å². The summed E-state index contributed by atoms with van der Waals surface area (Å²) in [6, 6.07) is 0. The van der Waals surface area contributed by atoms with Crippen LogP contribution in [0, 0.1) is 10.8 Å². The van der Waals surface area contributed by atoms with Crippen molar-refractivity contribution in [3.8, 4) is 0 Å². The molecule has 0 heterocycles. The van der Waals surface area contributed by atoms with Crippen molar-refractivity contribution in [1.29, 1.82) is 0 Å². The molecule has 0 bridgehead atoms. The van der Waals surface area contributed by atoms with Crippen LogP contribution in [0.4, 0.5) is 0 Å². The molecule has 13 heavy (non-hydrogen) atoms. The van der Waals surface area contributed by atoms with E-state index in [1.54, 1.807) is 0 Å². The fraction of sp³-hybridized carbons (Fsp3) is 1.00. The second-order valence-electron chi connectivity index (χ2n) is 5.93. The van der Waals surface area contributed by atoms with Gasteiger partial charge in [-0.2, -0.15) is 0 Å². The van der Waals surface area contributed by atoms with Crippen LogP contribution >= 0.6 is 9.24 Å². The molecule has 0 saturated heterocycles. The van der Waals surface area contributed by atoms with Gasteiger partial charge in [0.05, 0.1) is 0 Å². The quantitative estimate of drug-likeness (QED) is 0.589. The third kappa shape index (κ3) is 5.01. The molecular weight excluding hydrogens is 175 g/mol. The van der Waals surface area contributed by atoms with Crippen LogP contribution in [-0.2, 0) is 0 Å². The molecule has 0 aromatic rings. The van der Waals surface area contributed by atoms with Gasteiger partial charge in [0.1, 0.15) is 0 Å². The molecule has 0 aliphatic heterocycles. The Hall–Kier alpha value is 0.430. The van der Waals surface area contributed by atoms with Crippen LogP contribution in [0.2, 0.25) is 0 Å². The lowest BCUT2D eigenvalue weighted by Gasteiger charge is -2.39. The van der Waals surface area contributed by atoms with E-state index in [1.165, 1.54) is 19.3 Å². The lowest BCUT2D eigenvalue weighted by molar-refractivity contribution is 0.176. The number of rotatable bonds is 4. The zero-order valence-electron chi connectivity index (χ0n) is 10.3. The Labute approximate surface area is 87.1 Å². The van der Waals surface area contributed by atoms with E-state index in [4.69, 9.17) is 0 Å². The monoisotopic (exact) mass is 202 g/mol. The molecule has 0 aromatic carbocycles. The van der Waals surface area contributed by atoms with Crippen LogP contribution < -0.4 is 0 Å². The fourth-order valence-electron chi connectivity index (χ4n) is 2.26. The Morgan fingerprint density at radius 2 is 1.62 bits per heavy atom. The van der Waals surface area contributed by atoms with Crippen LogP contribution in [0.1, 0.15) is 60.8 Å². The zero-order chi connectivity index (χ0) is 10.7. The highest BCUT2D eigenvalue weighted by molar-refractivity contribution is 7.17. The van der Waals surface area contributed by atoms with E-state index in [1.807, 2.05) is 0 Å². The molecule has 0 N–H and O–H groups in total. The first-order valence-corrected chi connectivity index (χ1v) is 6.13. The van der Waals surface area contributed by atoms with Gasteiger partial charge < -0.3 is 0 Å². The predicted octanol–water partition coefficient (Wildman–Crippen LogP) is 4.49. The lowest BCUT2D eigenvalue weighted by Crippen LogP contribution is -2.30. The molecule has 0 aliphatic carbocycles. The summed E-state index contributed by atoms with van der Waals surface area (Å²) in [6.07, 6.45) is 3.96. The predicted molar refractivity (Wildman–Crippen MR) is 66.3 cm³/mol. The van der Waals surface area contributed by atoms with Crippen molar-refractivity contribution in [3.63, 3.8) is 0 Å². The Morgan fingerprint density at radius 1 is 1.15 bits per heavy atom. The summed E-state index contributed by atoms with van der Waals surface area (Å²) in [7, 11) is 2.98. The van der Waals surface area contributed by atoms with Crippen molar-refractivity contribution in [2.75, 3.05) is 0 Å². The highest BCUT2D eigenvalue weighted by Crippen LogP contribution is 2.42. The molecular formula is C12H27P. The number of hydrogen-bond acceptors (Lipinski definition) is 0. The minimum absolute atomic E-state index is 0.453. The molecule has 3 atom stereocenters. The standard InChI is InChI=1S/C12H27P/c1-7-8-12(6,10(2)13)9-11(3,4)5/h10H,7-9,13H2,1-6H3. The zero-order valence-corrected chi connectivity index (χ0v) is 11.4. The molecule has 0 nitrogen and oxygen atoms in total. The first kappa shape index (κ1) is 13.4. The lowest BCUT2D eigenvalue weighted by atomic mass is 9.71. The minimum atomic E-state index is 0.453. The van der Waals surface area contributed by atoms with Gasteiger partial charge in [-0.25, -0.2) is 0 Å². The average molecular weight is 202 g/mol. The molecule has 0 rings (SSSR count). The van der Waals surface area contributed by atoms with Gasteiger partial charge in [-0.15, -0.1) is 9.24 Å².